The van der Waals surface area contributed by atoms with Crippen LogP contribution in [0.3, 0.4) is 0 Å². The van der Waals surface area contributed by atoms with Crippen molar-refractivity contribution in [3.63, 3.8) is 0 Å². The summed E-state index contributed by atoms with van der Waals surface area (Å²) in [7, 11) is 5.32. The quantitative estimate of drug-likeness (QED) is 0.890. The topological polar surface area (TPSA) is 64.7 Å². The van der Waals surface area contributed by atoms with Crippen LogP contribution < -0.4 is 10.6 Å². The molecule has 0 aromatic heterocycles. The summed E-state index contributed by atoms with van der Waals surface area (Å²) in [5, 5.41) is 5.97. The van der Waals surface area contributed by atoms with Gasteiger partial charge >= 0.3 is 6.03 Å². The van der Waals surface area contributed by atoms with Crippen molar-refractivity contribution in [1.29, 1.82) is 0 Å². The molecule has 23 heavy (non-hydrogen) atoms. The third kappa shape index (κ3) is 4.69. The van der Waals surface area contributed by atoms with Crippen molar-refractivity contribution in [3.05, 3.63) is 29.8 Å². The zero-order valence-corrected chi connectivity index (χ0v) is 14.1. The minimum atomic E-state index is -0.206. The summed E-state index contributed by atoms with van der Waals surface area (Å²) in [6.07, 6.45) is 2.06. The Bertz CT molecular complexity index is 551. The maximum absolute atomic E-state index is 12.6. The Morgan fingerprint density at radius 1 is 1.26 bits per heavy atom. The van der Waals surface area contributed by atoms with Crippen LogP contribution in [0.15, 0.2) is 24.3 Å². The van der Waals surface area contributed by atoms with Gasteiger partial charge in [0, 0.05) is 38.4 Å². The number of hydrogen-bond donors (Lipinski definition) is 2. The molecule has 0 spiro atoms. The second-order valence-electron chi connectivity index (χ2n) is 6.20. The van der Waals surface area contributed by atoms with Crippen molar-refractivity contribution in [1.82, 2.24) is 15.1 Å². The van der Waals surface area contributed by atoms with Gasteiger partial charge in [-0.1, -0.05) is 6.07 Å². The van der Waals surface area contributed by atoms with Gasteiger partial charge in [0.05, 0.1) is 0 Å². The van der Waals surface area contributed by atoms with E-state index in [1.807, 2.05) is 11.9 Å². The normalized spacial score (nSPS) is 15.3. The molecule has 0 unspecified atom stereocenters. The number of carbonyl (C=O) groups is 2. The van der Waals surface area contributed by atoms with Crippen LogP contribution in [0.5, 0.6) is 0 Å². The van der Waals surface area contributed by atoms with Gasteiger partial charge < -0.3 is 20.4 Å². The van der Waals surface area contributed by atoms with Crippen LogP contribution in [0.2, 0.25) is 0 Å². The second-order valence-corrected chi connectivity index (χ2v) is 6.20. The molecule has 2 rings (SSSR count). The standard InChI is InChI=1S/C17H26N4O2/c1-18-12-13-7-9-21(10-8-13)16(22)14-5-4-6-15(11-14)19-17(23)20(2)3/h4-6,11,13,18H,7-10,12H2,1-3H3,(H,19,23). The van der Waals surface area contributed by atoms with Crippen molar-refractivity contribution in [2.45, 2.75) is 12.8 Å². The van der Waals surface area contributed by atoms with E-state index in [0.717, 1.165) is 32.5 Å². The van der Waals surface area contributed by atoms with Gasteiger partial charge in [-0.3, -0.25) is 4.79 Å². The van der Waals surface area contributed by atoms with Crippen molar-refractivity contribution in [3.8, 4) is 0 Å². The Kier molecular flexibility index (Phi) is 5.98. The van der Waals surface area contributed by atoms with Gasteiger partial charge in [0.25, 0.3) is 5.91 Å². The van der Waals surface area contributed by atoms with Gasteiger partial charge in [-0.15, -0.1) is 0 Å². The van der Waals surface area contributed by atoms with E-state index in [2.05, 4.69) is 10.6 Å². The number of anilines is 1. The van der Waals surface area contributed by atoms with E-state index in [0.29, 0.717) is 17.2 Å². The van der Waals surface area contributed by atoms with E-state index in [4.69, 9.17) is 0 Å². The lowest BCUT2D eigenvalue weighted by Gasteiger charge is -2.32. The molecule has 6 heteroatoms. The summed E-state index contributed by atoms with van der Waals surface area (Å²) in [6.45, 7) is 2.59. The van der Waals surface area contributed by atoms with Crippen LogP contribution in [-0.4, -0.2) is 62.5 Å². The maximum Gasteiger partial charge on any atom is 0.321 e. The Balaban J connectivity index is 1.99. The summed E-state index contributed by atoms with van der Waals surface area (Å²) in [4.78, 5) is 27.7. The van der Waals surface area contributed by atoms with Gasteiger partial charge in [0.2, 0.25) is 0 Å². The minimum Gasteiger partial charge on any atom is -0.339 e. The van der Waals surface area contributed by atoms with E-state index in [1.165, 1.54) is 4.90 Å². The lowest BCUT2D eigenvalue weighted by molar-refractivity contribution is 0.0691. The van der Waals surface area contributed by atoms with Crippen molar-refractivity contribution >= 4 is 17.6 Å². The molecule has 6 nitrogen and oxygen atoms in total. The SMILES string of the molecule is CNCC1CCN(C(=O)c2cccc(NC(=O)N(C)C)c2)CC1. The first-order valence-electron chi connectivity index (χ1n) is 8.03. The smallest absolute Gasteiger partial charge is 0.321 e. The number of nitrogens with zero attached hydrogens (tertiary/aromatic N) is 2. The van der Waals surface area contributed by atoms with Crippen molar-refractivity contribution in [2.24, 2.45) is 5.92 Å². The summed E-state index contributed by atoms with van der Waals surface area (Å²) < 4.78 is 0. The van der Waals surface area contributed by atoms with E-state index < -0.39 is 0 Å². The Morgan fingerprint density at radius 2 is 1.96 bits per heavy atom. The molecule has 1 saturated heterocycles. The zero-order valence-electron chi connectivity index (χ0n) is 14.1. The third-order valence-electron chi connectivity index (χ3n) is 4.16. The fourth-order valence-corrected chi connectivity index (χ4v) is 2.78. The van der Waals surface area contributed by atoms with Crippen LogP contribution in [-0.2, 0) is 0 Å². The van der Waals surface area contributed by atoms with E-state index in [9.17, 15) is 9.59 Å². The lowest BCUT2D eigenvalue weighted by atomic mass is 9.96. The number of benzene rings is 1. The molecule has 0 bridgehead atoms. The second kappa shape index (κ2) is 7.97. The first kappa shape index (κ1) is 17.3. The fourth-order valence-electron chi connectivity index (χ4n) is 2.78. The Labute approximate surface area is 137 Å². The van der Waals surface area contributed by atoms with Gasteiger partial charge in [-0.2, -0.15) is 0 Å². The number of hydrogen-bond acceptors (Lipinski definition) is 3. The van der Waals surface area contributed by atoms with Gasteiger partial charge in [-0.05, 0) is 50.6 Å². The average Bonchev–Trinajstić information content (AvgIpc) is 2.55. The third-order valence-corrected chi connectivity index (χ3v) is 4.16. The lowest BCUT2D eigenvalue weighted by Crippen LogP contribution is -2.40. The largest absolute Gasteiger partial charge is 0.339 e. The van der Waals surface area contributed by atoms with Crippen LogP contribution >= 0.6 is 0 Å². The molecule has 0 aliphatic carbocycles. The number of amides is 3. The molecule has 0 atom stereocenters. The molecule has 1 aromatic carbocycles. The van der Waals surface area contributed by atoms with Crippen LogP contribution in [0, 0.1) is 5.92 Å². The molecular weight excluding hydrogens is 292 g/mol. The molecule has 126 valence electrons. The minimum absolute atomic E-state index is 0.0360. The summed E-state index contributed by atoms with van der Waals surface area (Å²) in [5.74, 6) is 0.684. The van der Waals surface area contributed by atoms with E-state index in [-0.39, 0.29) is 11.9 Å². The van der Waals surface area contributed by atoms with Gasteiger partial charge in [0.1, 0.15) is 0 Å². The van der Waals surface area contributed by atoms with Gasteiger partial charge in [0.15, 0.2) is 0 Å². The molecule has 0 radical (unpaired) electrons. The molecule has 3 amide bonds. The average molecular weight is 318 g/mol. The van der Waals surface area contributed by atoms with Crippen LogP contribution in [0.4, 0.5) is 10.5 Å². The number of rotatable bonds is 4. The van der Waals surface area contributed by atoms with Crippen molar-refractivity contribution < 1.29 is 9.59 Å². The number of likely N-dealkylation sites (tertiary alicyclic amines) is 1. The maximum atomic E-state index is 12.6. The van der Waals surface area contributed by atoms with E-state index >= 15 is 0 Å². The number of carbonyl (C=O) groups excluding carboxylic acids is 2. The molecule has 1 heterocycles. The highest BCUT2D eigenvalue weighted by Gasteiger charge is 2.23. The molecular formula is C17H26N4O2. The van der Waals surface area contributed by atoms with Crippen LogP contribution in [0.1, 0.15) is 23.2 Å². The number of piperidine rings is 1. The summed E-state index contributed by atoms with van der Waals surface area (Å²) >= 11 is 0. The molecule has 1 fully saturated rings. The van der Waals surface area contributed by atoms with Gasteiger partial charge in [-0.25, -0.2) is 4.79 Å². The summed E-state index contributed by atoms with van der Waals surface area (Å²) in [6, 6.07) is 6.92. The molecule has 1 aliphatic rings. The highest BCUT2D eigenvalue weighted by molar-refractivity contribution is 5.96. The number of nitrogens with one attached hydrogen (secondary N) is 2. The monoisotopic (exact) mass is 318 g/mol. The molecule has 1 aliphatic heterocycles. The first-order valence-corrected chi connectivity index (χ1v) is 8.03. The Hall–Kier alpha value is -2.08. The van der Waals surface area contributed by atoms with Crippen molar-refractivity contribution in [2.75, 3.05) is 46.1 Å². The highest BCUT2D eigenvalue weighted by atomic mass is 16.2. The van der Waals surface area contributed by atoms with E-state index in [1.54, 1.807) is 38.4 Å². The fraction of sp³-hybridized carbons (Fsp3) is 0.529. The highest BCUT2D eigenvalue weighted by Crippen LogP contribution is 2.20. The predicted molar refractivity (Wildman–Crippen MR) is 91.7 cm³/mol. The van der Waals surface area contributed by atoms with Crippen LogP contribution in [0.25, 0.3) is 0 Å². The first-order chi connectivity index (χ1) is 11.0. The molecule has 0 saturated carbocycles. The zero-order chi connectivity index (χ0) is 16.8. The Morgan fingerprint density at radius 3 is 2.57 bits per heavy atom. The molecule has 1 aromatic rings. The summed E-state index contributed by atoms with van der Waals surface area (Å²) in [5.41, 5.74) is 1.26. The molecule has 2 N–H and O–H groups in total. The number of urea groups is 1. The predicted octanol–water partition coefficient (Wildman–Crippen LogP) is 1.85.